The van der Waals surface area contributed by atoms with Gasteiger partial charge in [-0.25, -0.2) is 0 Å². The number of carbonyl (C=O) groups excluding carboxylic acids is 7. The molecule has 0 aliphatic heterocycles. The van der Waals surface area contributed by atoms with Crippen LogP contribution in [0.5, 0.6) is 0 Å². The van der Waals surface area contributed by atoms with Crippen molar-refractivity contribution < 1.29 is 43.5 Å². The minimum atomic E-state index is -1.31. The Morgan fingerprint density at radius 2 is 1.18 bits per heavy atom. The number of carbonyl (C=O) groups is 8. The van der Waals surface area contributed by atoms with Crippen molar-refractivity contribution in [3.63, 3.8) is 0 Å². The van der Waals surface area contributed by atoms with Crippen LogP contribution in [0.2, 0.25) is 0 Å². The molecular formula is C46H65N11O9. The molecule has 0 aliphatic carbocycles. The van der Waals surface area contributed by atoms with Crippen LogP contribution in [0.1, 0.15) is 84.3 Å². The number of benzene rings is 2. The van der Waals surface area contributed by atoms with E-state index in [1.54, 1.807) is 74.5 Å². The molecule has 7 amide bonds. The van der Waals surface area contributed by atoms with Crippen LogP contribution in [0, 0.1) is 24.2 Å². The highest BCUT2D eigenvalue weighted by Gasteiger charge is 2.35. The SMILES string of the molecule is C#CCNC(=O)[C@H](CCC(=O)O)NC(=O)[C@H](C)NC(=O)[C@H](Cc1ccccc1)NC(=O)[C@H](Cc1ccccc1)NC(=O)[C@@H](NC(=O)[C@H](CC(C)C)NC(=O)[C@H](CCCCN)N=[N+]=[N-])C(C)C. The van der Waals surface area contributed by atoms with Crippen molar-refractivity contribution in [1.29, 1.82) is 0 Å². The van der Waals surface area contributed by atoms with Crippen LogP contribution in [0.25, 0.3) is 10.4 Å². The molecule has 0 saturated carbocycles. The maximum Gasteiger partial charge on any atom is 0.303 e. The summed E-state index contributed by atoms with van der Waals surface area (Å²) in [6.45, 7) is 8.65. The summed E-state index contributed by atoms with van der Waals surface area (Å²) < 4.78 is 0. The second kappa shape index (κ2) is 29.5. The smallest absolute Gasteiger partial charge is 0.303 e. The molecule has 0 unspecified atom stereocenters. The molecule has 0 aromatic heterocycles. The summed E-state index contributed by atoms with van der Waals surface area (Å²) in [5, 5.41) is 31.2. The lowest BCUT2D eigenvalue weighted by molar-refractivity contribution is -0.138. The average molecular weight is 916 g/mol. The zero-order valence-corrected chi connectivity index (χ0v) is 38.3. The van der Waals surface area contributed by atoms with Crippen molar-refractivity contribution >= 4 is 47.3 Å². The maximum atomic E-state index is 14.4. The fourth-order valence-electron chi connectivity index (χ4n) is 6.67. The third-order valence-electron chi connectivity index (χ3n) is 10.2. The van der Waals surface area contributed by atoms with E-state index in [0.717, 1.165) is 0 Å². The number of aliphatic carboxylic acids is 1. The lowest BCUT2D eigenvalue weighted by Crippen LogP contribution is -2.61. The number of nitrogens with two attached hydrogens (primary N) is 1. The van der Waals surface area contributed by atoms with Gasteiger partial charge in [0.2, 0.25) is 41.4 Å². The molecule has 2 aromatic carbocycles. The summed E-state index contributed by atoms with van der Waals surface area (Å²) in [4.78, 5) is 110. The first-order chi connectivity index (χ1) is 31.4. The number of carboxylic acids is 1. The van der Waals surface area contributed by atoms with E-state index < -0.39 is 102 Å². The van der Waals surface area contributed by atoms with Gasteiger partial charge in [-0.05, 0) is 67.6 Å². The number of hydrogen-bond acceptors (Lipinski definition) is 10. The van der Waals surface area contributed by atoms with Gasteiger partial charge in [0.15, 0.2) is 0 Å². The Balaban J connectivity index is 2.41. The van der Waals surface area contributed by atoms with Gasteiger partial charge in [0.25, 0.3) is 0 Å². The van der Waals surface area contributed by atoms with Gasteiger partial charge < -0.3 is 48.1 Å². The summed E-state index contributed by atoms with van der Waals surface area (Å²) in [5.41, 5.74) is 16.0. The van der Waals surface area contributed by atoms with Gasteiger partial charge in [-0.15, -0.1) is 6.42 Å². The second-order valence-electron chi connectivity index (χ2n) is 16.6. The van der Waals surface area contributed by atoms with Crippen LogP contribution >= 0.6 is 0 Å². The Morgan fingerprint density at radius 3 is 1.68 bits per heavy atom. The zero-order chi connectivity index (χ0) is 49.2. The molecule has 0 radical (unpaired) electrons. The van der Waals surface area contributed by atoms with E-state index in [4.69, 9.17) is 17.7 Å². The molecule has 0 spiro atoms. The largest absolute Gasteiger partial charge is 0.481 e. The number of amides is 7. The number of unbranched alkanes of at least 4 members (excludes halogenated alkanes) is 1. The molecule has 0 bridgehead atoms. The van der Waals surface area contributed by atoms with Gasteiger partial charge in [-0.2, -0.15) is 0 Å². The highest BCUT2D eigenvalue weighted by atomic mass is 16.4. The van der Waals surface area contributed by atoms with E-state index in [1.165, 1.54) is 6.92 Å². The normalized spacial score (nSPS) is 14.0. The molecule has 2 aromatic rings. The van der Waals surface area contributed by atoms with E-state index in [-0.39, 0.29) is 44.6 Å². The Bertz CT molecular complexity index is 2020. The minimum Gasteiger partial charge on any atom is -0.481 e. The number of hydrogen-bond donors (Lipinski definition) is 9. The van der Waals surface area contributed by atoms with Gasteiger partial charge in [-0.3, -0.25) is 38.4 Å². The molecule has 2 rings (SSSR count). The molecule has 10 N–H and O–H groups in total. The molecule has 358 valence electrons. The monoisotopic (exact) mass is 915 g/mol. The number of rotatable bonds is 29. The molecule has 66 heavy (non-hydrogen) atoms. The molecule has 0 heterocycles. The van der Waals surface area contributed by atoms with Crippen molar-refractivity contribution in [2.45, 2.75) is 128 Å². The second-order valence-corrected chi connectivity index (χ2v) is 16.6. The summed E-state index contributed by atoms with van der Waals surface area (Å²) in [6, 6.07) is 8.92. The van der Waals surface area contributed by atoms with E-state index >= 15 is 0 Å². The van der Waals surface area contributed by atoms with Crippen LogP contribution in [-0.4, -0.2) is 108 Å². The van der Waals surface area contributed by atoms with Crippen molar-refractivity contribution in [3.8, 4) is 12.3 Å². The van der Waals surface area contributed by atoms with E-state index in [1.807, 2.05) is 13.8 Å². The maximum absolute atomic E-state index is 14.4. The molecule has 20 heteroatoms. The molecule has 0 fully saturated rings. The molecule has 0 aliphatic rings. The number of nitrogens with one attached hydrogen (secondary N) is 7. The highest BCUT2D eigenvalue weighted by molar-refractivity contribution is 5.97. The van der Waals surface area contributed by atoms with E-state index in [9.17, 15) is 43.5 Å². The Hall–Kier alpha value is -6.97. The number of azide groups is 1. The summed E-state index contributed by atoms with van der Waals surface area (Å²) in [5.74, 6) is -4.70. The third-order valence-corrected chi connectivity index (χ3v) is 10.2. The highest BCUT2D eigenvalue weighted by Crippen LogP contribution is 2.13. The Morgan fingerprint density at radius 1 is 0.667 bits per heavy atom. The van der Waals surface area contributed by atoms with E-state index in [0.29, 0.717) is 30.5 Å². The van der Waals surface area contributed by atoms with Crippen molar-refractivity contribution in [2.75, 3.05) is 13.1 Å². The van der Waals surface area contributed by atoms with Crippen LogP contribution in [-0.2, 0) is 51.2 Å². The van der Waals surface area contributed by atoms with Gasteiger partial charge in [-0.1, -0.05) is 106 Å². The fraction of sp³-hybridized carbons (Fsp3) is 0.522. The lowest BCUT2D eigenvalue weighted by Gasteiger charge is -2.29. The fourth-order valence-corrected chi connectivity index (χ4v) is 6.67. The van der Waals surface area contributed by atoms with Crippen LogP contribution < -0.4 is 43.0 Å². The van der Waals surface area contributed by atoms with Crippen molar-refractivity contribution in [1.82, 2.24) is 37.2 Å². The molecule has 20 nitrogen and oxygen atoms in total. The summed E-state index contributed by atoms with van der Waals surface area (Å²) >= 11 is 0. The number of terminal acetylenes is 1. The first-order valence-electron chi connectivity index (χ1n) is 22.0. The van der Waals surface area contributed by atoms with Gasteiger partial charge in [0, 0.05) is 24.2 Å². The topological polar surface area (TPSA) is 316 Å². The summed E-state index contributed by atoms with van der Waals surface area (Å²) in [6.07, 6.45) is 5.97. The third kappa shape index (κ3) is 20.2. The summed E-state index contributed by atoms with van der Waals surface area (Å²) in [7, 11) is 0. The zero-order valence-electron chi connectivity index (χ0n) is 38.3. The van der Waals surface area contributed by atoms with Gasteiger partial charge in [0.1, 0.15) is 42.3 Å². The molecular weight excluding hydrogens is 851 g/mol. The predicted molar refractivity (Wildman–Crippen MR) is 246 cm³/mol. The van der Waals surface area contributed by atoms with E-state index in [2.05, 4.69) is 53.2 Å². The van der Waals surface area contributed by atoms with Crippen molar-refractivity contribution in [3.05, 3.63) is 82.2 Å². The first kappa shape index (κ1) is 55.2. The van der Waals surface area contributed by atoms with Crippen molar-refractivity contribution in [2.24, 2.45) is 22.7 Å². The van der Waals surface area contributed by atoms with Crippen LogP contribution in [0.15, 0.2) is 65.8 Å². The molecule has 7 atom stereocenters. The molecule has 0 saturated heterocycles. The Labute approximate surface area is 385 Å². The predicted octanol–water partition coefficient (Wildman–Crippen LogP) is 1.52. The van der Waals surface area contributed by atoms with Crippen LogP contribution in [0.4, 0.5) is 0 Å². The Kier molecular flexibility index (Phi) is 24.6. The first-order valence-corrected chi connectivity index (χ1v) is 22.0. The average Bonchev–Trinajstić information content (AvgIpc) is 3.27. The minimum absolute atomic E-state index is 0.0356. The quantitative estimate of drug-likeness (QED) is 0.0186. The number of carboxylic acid groups (broad SMARTS) is 1. The van der Waals surface area contributed by atoms with Gasteiger partial charge in [0.05, 0.1) is 6.54 Å². The standard InChI is InChI=1S/C46H65N11O9/c1-7-24-49-41(61)33(21-22-38(58)59)51-40(60)30(6)50-43(63)36(26-31-16-10-8-11-17-31)53-44(64)37(27-32-18-12-9-13-19-32)54-46(66)39(29(4)5)55-45(65)35(25-28(2)3)52-42(62)34(56-57-48)20-14-15-23-47/h1,8-13,16-19,28-30,33-37,39H,14-15,20-27,47H2,2-6H3,(H,49,61)(H,50,63)(H,51,60)(H,52,62)(H,53,64)(H,54,66)(H,55,65)(H,58,59)/t30-,33-,34-,35-,36-,37-,39-/m0/s1. The van der Waals surface area contributed by atoms with Crippen LogP contribution in [0.3, 0.4) is 0 Å². The lowest BCUT2D eigenvalue weighted by atomic mass is 9.98. The number of nitrogens with zero attached hydrogens (tertiary/aromatic N) is 3. The van der Waals surface area contributed by atoms with Gasteiger partial charge >= 0.3 is 5.97 Å².